The average molecular weight is 364 g/mol. The number of aliphatic carboxylic acids is 1. The van der Waals surface area contributed by atoms with Crippen molar-refractivity contribution in [1.82, 2.24) is 9.80 Å². The molecule has 1 N–H and O–H groups in total. The van der Waals surface area contributed by atoms with Crippen molar-refractivity contribution < 1.29 is 23.8 Å². The zero-order valence-electron chi connectivity index (χ0n) is 15.0. The first-order valence-corrected chi connectivity index (χ1v) is 8.98. The fraction of sp³-hybridized carbons (Fsp3) is 0.579. The van der Waals surface area contributed by atoms with Gasteiger partial charge in [0.1, 0.15) is 5.82 Å². The molecule has 7 heteroatoms. The number of amides is 1. The molecule has 1 aromatic carbocycles. The molecule has 142 valence electrons. The van der Waals surface area contributed by atoms with Gasteiger partial charge in [0.05, 0.1) is 24.7 Å². The van der Waals surface area contributed by atoms with Crippen LogP contribution in [0.15, 0.2) is 24.3 Å². The Hall–Kier alpha value is -1.99. The number of carboxylic acids is 1. The van der Waals surface area contributed by atoms with Gasteiger partial charge in [-0.05, 0) is 37.6 Å². The van der Waals surface area contributed by atoms with Crippen LogP contribution in [0.25, 0.3) is 0 Å². The zero-order valence-corrected chi connectivity index (χ0v) is 15.0. The van der Waals surface area contributed by atoms with Crippen LogP contribution < -0.4 is 0 Å². The van der Waals surface area contributed by atoms with Crippen LogP contribution in [0.1, 0.15) is 24.8 Å². The molecule has 1 saturated heterocycles. The number of morpholine rings is 1. The van der Waals surface area contributed by atoms with Crippen LogP contribution in [-0.4, -0.2) is 72.7 Å². The minimum absolute atomic E-state index is 0.0311. The number of carboxylic acid groups (broad SMARTS) is 1. The second kappa shape index (κ2) is 7.72. The maximum Gasteiger partial charge on any atom is 0.317 e. The highest BCUT2D eigenvalue weighted by molar-refractivity contribution is 5.89. The number of ether oxygens (including phenoxy) is 1. The molecule has 1 heterocycles. The van der Waals surface area contributed by atoms with E-state index in [1.54, 1.807) is 22.9 Å². The van der Waals surface area contributed by atoms with E-state index >= 15 is 0 Å². The Morgan fingerprint density at radius 1 is 1.42 bits per heavy atom. The summed E-state index contributed by atoms with van der Waals surface area (Å²) in [6, 6.07) is 6.35. The average Bonchev–Trinajstić information content (AvgIpc) is 2.53. The third-order valence-corrected chi connectivity index (χ3v) is 5.34. The quantitative estimate of drug-likeness (QED) is 0.828. The van der Waals surface area contributed by atoms with Gasteiger partial charge < -0.3 is 14.7 Å². The standard InChI is InChI=1S/C19H25FN2O4/c1-21(13-17(23)24)11-16-12-22(8-9-26-16)18(25)19(6-3-7-19)14-4-2-5-15(20)10-14/h2,4-5,10,16H,3,6-9,11-13H2,1H3,(H,23,24). The van der Waals surface area contributed by atoms with Crippen LogP contribution in [0.5, 0.6) is 0 Å². The van der Waals surface area contributed by atoms with Crippen molar-refractivity contribution in [3.05, 3.63) is 35.6 Å². The van der Waals surface area contributed by atoms with E-state index in [1.807, 2.05) is 6.07 Å². The molecular formula is C19H25FN2O4. The van der Waals surface area contributed by atoms with Crippen molar-refractivity contribution in [2.24, 2.45) is 0 Å². The first-order valence-electron chi connectivity index (χ1n) is 8.98. The molecule has 0 aromatic heterocycles. The number of hydrogen-bond acceptors (Lipinski definition) is 4. The van der Waals surface area contributed by atoms with Gasteiger partial charge >= 0.3 is 5.97 Å². The van der Waals surface area contributed by atoms with Crippen LogP contribution in [0, 0.1) is 5.82 Å². The summed E-state index contributed by atoms with van der Waals surface area (Å²) in [6.45, 7) is 1.75. The molecule has 6 nitrogen and oxygen atoms in total. The summed E-state index contributed by atoms with van der Waals surface area (Å²) in [7, 11) is 1.72. The fourth-order valence-corrected chi connectivity index (χ4v) is 3.90. The number of carbonyl (C=O) groups excluding carboxylic acids is 1. The Morgan fingerprint density at radius 3 is 2.81 bits per heavy atom. The molecule has 1 saturated carbocycles. The molecule has 0 bridgehead atoms. The second-order valence-corrected chi connectivity index (χ2v) is 7.28. The Morgan fingerprint density at radius 2 is 2.19 bits per heavy atom. The smallest absolute Gasteiger partial charge is 0.317 e. The molecule has 1 amide bonds. The van der Waals surface area contributed by atoms with Crippen LogP contribution in [0.3, 0.4) is 0 Å². The molecule has 1 aliphatic carbocycles. The van der Waals surface area contributed by atoms with E-state index in [0.29, 0.717) is 26.2 Å². The van der Waals surface area contributed by atoms with Gasteiger partial charge in [-0.25, -0.2) is 4.39 Å². The summed E-state index contributed by atoms with van der Waals surface area (Å²) in [5, 5.41) is 8.87. The molecule has 1 unspecified atom stereocenters. The molecule has 3 rings (SSSR count). The van der Waals surface area contributed by atoms with Crippen LogP contribution in [0.2, 0.25) is 0 Å². The number of hydrogen-bond donors (Lipinski definition) is 1. The highest BCUT2D eigenvalue weighted by Gasteiger charge is 2.48. The Bertz CT molecular complexity index is 677. The largest absolute Gasteiger partial charge is 0.480 e. The molecule has 26 heavy (non-hydrogen) atoms. The molecule has 1 atom stereocenters. The van der Waals surface area contributed by atoms with Crippen molar-refractivity contribution in [1.29, 1.82) is 0 Å². The highest BCUT2D eigenvalue weighted by atomic mass is 19.1. The molecule has 2 aliphatic rings. The van der Waals surface area contributed by atoms with Crippen molar-refractivity contribution in [2.75, 3.05) is 39.8 Å². The van der Waals surface area contributed by atoms with Gasteiger partial charge in [0.15, 0.2) is 0 Å². The van der Waals surface area contributed by atoms with Gasteiger partial charge in [-0.2, -0.15) is 0 Å². The zero-order chi connectivity index (χ0) is 18.7. The fourth-order valence-electron chi connectivity index (χ4n) is 3.90. The van der Waals surface area contributed by atoms with E-state index in [4.69, 9.17) is 9.84 Å². The monoisotopic (exact) mass is 364 g/mol. The lowest BCUT2D eigenvalue weighted by molar-refractivity contribution is -0.150. The Labute approximate surface area is 152 Å². The minimum Gasteiger partial charge on any atom is -0.480 e. The number of rotatable bonds is 6. The second-order valence-electron chi connectivity index (χ2n) is 7.28. The normalized spacial score (nSPS) is 22.1. The summed E-state index contributed by atoms with van der Waals surface area (Å²) < 4.78 is 19.4. The summed E-state index contributed by atoms with van der Waals surface area (Å²) in [4.78, 5) is 27.5. The molecule has 2 fully saturated rings. The number of likely N-dealkylation sites (N-methyl/N-ethyl adjacent to an activating group) is 1. The maximum atomic E-state index is 13.7. The third-order valence-electron chi connectivity index (χ3n) is 5.34. The predicted octanol–water partition coefficient (Wildman–Crippen LogP) is 1.49. The van der Waals surface area contributed by atoms with Crippen molar-refractivity contribution in [3.63, 3.8) is 0 Å². The summed E-state index contributed by atoms with van der Waals surface area (Å²) in [5.41, 5.74) is 0.122. The van der Waals surface area contributed by atoms with Gasteiger partial charge in [0.2, 0.25) is 5.91 Å². The summed E-state index contributed by atoms with van der Waals surface area (Å²) >= 11 is 0. The lowest BCUT2D eigenvalue weighted by atomic mass is 9.63. The van der Waals surface area contributed by atoms with E-state index in [-0.39, 0.29) is 24.4 Å². The van der Waals surface area contributed by atoms with E-state index in [2.05, 4.69) is 0 Å². The first kappa shape index (κ1) is 18.8. The number of benzene rings is 1. The lowest BCUT2D eigenvalue weighted by Gasteiger charge is -2.46. The summed E-state index contributed by atoms with van der Waals surface area (Å²) in [5.74, 6) is -1.18. The molecule has 1 aliphatic heterocycles. The number of nitrogens with zero attached hydrogens (tertiary/aromatic N) is 2. The SMILES string of the molecule is CN(CC(=O)O)CC1CN(C(=O)C2(c3cccc(F)c3)CCC2)CCO1. The Kier molecular flexibility index (Phi) is 5.58. The minimum atomic E-state index is -0.893. The van der Waals surface area contributed by atoms with E-state index in [1.165, 1.54) is 12.1 Å². The molecule has 0 radical (unpaired) electrons. The van der Waals surface area contributed by atoms with Crippen LogP contribution in [0.4, 0.5) is 4.39 Å². The molecule has 0 spiro atoms. The van der Waals surface area contributed by atoms with Gasteiger partial charge in [-0.1, -0.05) is 18.6 Å². The summed E-state index contributed by atoms with van der Waals surface area (Å²) in [6.07, 6.45) is 2.20. The van der Waals surface area contributed by atoms with Gasteiger partial charge in [-0.3, -0.25) is 14.5 Å². The van der Waals surface area contributed by atoms with E-state index in [0.717, 1.165) is 24.8 Å². The van der Waals surface area contributed by atoms with Gasteiger partial charge in [0, 0.05) is 19.6 Å². The topological polar surface area (TPSA) is 70.1 Å². The lowest BCUT2D eigenvalue weighted by Crippen LogP contribution is -2.57. The van der Waals surface area contributed by atoms with Gasteiger partial charge in [0.25, 0.3) is 0 Å². The molecule has 1 aromatic rings. The highest BCUT2D eigenvalue weighted by Crippen LogP contribution is 2.45. The maximum absolute atomic E-state index is 13.7. The molecular weight excluding hydrogens is 339 g/mol. The van der Waals surface area contributed by atoms with Crippen molar-refractivity contribution >= 4 is 11.9 Å². The first-order chi connectivity index (χ1) is 12.4. The Balaban J connectivity index is 1.69. The van der Waals surface area contributed by atoms with Crippen molar-refractivity contribution in [3.8, 4) is 0 Å². The number of carbonyl (C=O) groups is 2. The van der Waals surface area contributed by atoms with E-state index < -0.39 is 11.4 Å². The number of halogens is 1. The van der Waals surface area contributed by atoms with Crippen molar-refractivity contribution in [2.45, 2.75) is 30.8 Å². The van der Waals surface area contributed by atoms with E-state index in [9.17, 15) is 14.0 Å². The van der Waals surface area contributed by atoms with Crippen LogP contribution in [-0.2, 0) is 19.7 Å². The predicted molar refractivity (Wildman–Crippen MR) is 93.4 cm³/mol. The van der Waals surface area contributed by atoms with Gasteiger partial charge in [-0.15, -0.1) is 0 Å². The van der Waals surface area contributed by atoms with Crippen LogP contribution >= 0.6 is 0 Å². The third kappa shape index (κ3) is 3.88.